The summed E-state index contributed by atoms with van der Waals surface area (Å²) in [7, 11) is -2.34. The number of nitrogens with two attached hydrogens (primary N) is 1. The van der Waals surface area contributed by atoms with E-state index in [1.807, 2.05) is 0 Å². The van der Waals surface area contributed by atoms with Crippen LogP contribution in [0, 0.1) is 0 Å². The second-order valence-electron chi connectivity index (χ2n) is 4.51. The molecule has 1 amide bonds. The highest BCUT2D eigenvalue weighted by Gasteiger charge is 2.31. The molecular weight excluding hydrogens is 316 g/mol. The Bertz CT molecular complexity index is 604. The van der Waals surface area contributed by atoms with Crippen molar-refractivity contribution in [2.45, 2.75) is 23.5 Å². The van der Waals surface area contributed by atoms with Gasteiger partial charge in [0.15, 0.2) is 9.84 Å². The molecule has 0 fully saturated rings. The van der Waals surface area contributed by atoms with Crippen LogP contribution in [0.5, 0.6) is 0 Å². The molecule has 0 heterocycles. The summed E-state index contributed by atoms with van der Waals surface area (Å²) in [5.41, 5.74) is 5.85. The fraction of sp³-hybridized carbons (Fsp3) is 0.462. The number of anilines is 1. The zero-order chi connectivity index (χ0) is 16.0. The molecule has 1 aromatic carbocycles. The molecule has 1 rings (SSSR count). The van der Waals surface area contributed by atoms with Crippen molar-refractivity contribution >= 4 is 33.0 Å². The molecule has 0 aromatic heterocycles. The zero-order valence-corrected chi connectivity index (χ0v) is 13.5. The van der Waals surface area contributed by atoms with Crippen LogP contribution < -0.4 is 11.1 Å². The van der Waals surface area contributed by atoms with Crippen molar-refractivity contribution in [3.63, 3.8) is 0 Å². The molecule has 0 radical (unpaired) electrons. The van der Waals surface area contributed by atoms with Crippen molar-refractivity contribution in [3.8, 4) is 0 Å². The number of carbonyl (C=O) groups is 1. The molecule has 0 saturated heterocycles. The summed E-state index contributed by atoms with van der Waals surface area (Å²) < 4.78 is 29.7. The molecule has 8 heteroatoms. The van der Waals surface area contributed by atoms with Gasteiger partial charge in [0, 0.05) is 25.9 Å². The molecule has 21 heavy (non-hydrogen) atoms. The Morgan fingerprint density at radius 3 is 2.76 bits per heavy atom. The highest BCUT2D eigenvalue weighted by atomic mass is 35.5. The zero-order valence-electron chi connectivity index (χ0n) is 11.9. The Morgan fingerprint density at radius 1 is 1.48 bits per heavy atom. The Morgan fingerprint density at radius 2 is 2.14 bits per heavy atom. The van der Waals surface area contributed by atoms with Gasteiger partial charge in [0.1, 0.15) is 5.25 Å². The molecule has 0 aliphatic rings. The lowest BCUT2D eigenvalue weighted by atomic mass is 10.3. The maximum atomic E-state index is 12.4. The summed E-state index contributed by atoms with van der Waals surface area (Å²) in [4.78, 5) is 11.8. The highest BCUT2D eigenvalue weighted by Crippen LogP contribution is 2.27. The smallest absolute Gasteiger partial charge is 0.238 e. The lowest BCUT2D eigenvalue weighted by Gasteiger charge is -2.14. The van der Waals surface area contributed by atoms with Gasteiger partial charge in [-0.1, -0.05) is 11.6 Å². The number of methoxy groups -OCH3 is 1. The summed E-state index contributed by atoms with van der Waals surface area (Å²) >= 11 is 5.89. The Hall–Kier alpha value is -1.31. The van der Waals surface area contributed by atoms with Gasteiger partial charge >= 0.3 is 0 Å². The van der Waals surface area contributed by atoms with Crippen LogP contribution in [0.4, 0.5) is 5.69 Å². The number of hydrogen-bond donors (Lipinski definition) is 2. The average molecular weight is 335 g/mol. The minimum absolute atomic E-state index is 0.0447. The highest BCUT2D eigenvalue weighted by molar-refractivity contribution is 7.92. The molecule has 0 bridgehead atoms. The fourth-order valence-corrected chi connectivity index (χ4v) is 3.47. The molecule has 1 unspecified atom stereocenters. The van der Waals surface area contributed by atoms with Crippen LogP contribution in [-0.2, 0) is 19.4 Å². The van der Waals surface area contributed by atoms with E-state index < -0.39 is 21.0 Å². The third kappa shape index (κ3) is 4.59. The van der Waals surface area contributed by atoms with Gasteiger partial charge in [-0.3, -0.25) is 4.79 Å². The van der Waals surface area contributed by atoms with E-state index in [1.54, 1.807) is 7.11 Å². The fourth-order valence-electron chi connectivity index (χ4n) is 1.64. The van der Waals surface area contributed by atoms with Gasteiger partial charge in [0.05, 0.1) is 9.92 Å². The van der Waals surface area contributed by atoms with Crippen LogP contribution in [0.15, 0.2) is 23.1 Å². The van der Waals surface area contributed by atoms with Crippen molar-refractivity contribution in [2.24, 2.45) is 0 Å². The SMILES string of the molecule is COCCCNC(=O)C(C)S(=O)(=O)c1cc(N)ccc1Cl. The summed E-state index contributed by atoms with van der Waals surface area (Å²) in [5.74, 6) is -0.579. The summed E-state index contributed by atoms with van der Waals surface area (Å²) in [6.45, 7) is 2.15. The molecule has 1 aromatic rings. The van der Waals surface area contributed by atoms with Crippen molar-refractivity contribution in [1.82, 2.24) is 5.32 Å². The largest absolute Gasteiger partial charge is 0.399 e. The number of sulfone groups is 1. The average Bonchev–Trinajstić information content (AvgIpc) is 2.45. The number of carbonyl (C=O) groups excluding carboxylic acids is 1. The van der Waals surface area contributed by atoms with Gasteiger partial charge in [-0.2, -0.15) is 0 Å². The Kier molecular flexibility index (Phi) is 6.44. The van der Waals surface area contributed by atoms with Gasteiger partial charge in [0.25, 0.3) is 0 Å². The van der Waals surface area contributed by atoms with Crippen LogP contribution in [0.25, 0.3) is 0 Å². The molecular formula is C13H19ClN2O4S. The number of benzene rings is 1. The molecule has 0 aliphatic heterocycles. The van der Waals surface area contributed by atoms with E-state index in [-0.39, 0.29) is 15.6 Å². The standard InChI is InChI=1S/C13H19ClN2O4S/c1-9(13(17)16-6-3-7-20-2)21(18,19)12-8-10(15)4-5-11(12)14/h4-5,8-9H,3,6-7,15H2,1-2H3,(H,16,17). The molecule has 1 atom stereocenters. The third-order valence-corrected chi connectivity index (χ3v) is 5.46. The van der Waals surface area contributed by atoms with Crippen molar-refractivity contribution in [1.29, 1.82) is 0 Å². The van der Waals surface area contributed by atoms with Crippen LogP contribution in [0.3, 0.4) is 0 Å². The summed E-state index contributed by atoms with van der Waals surface area (Å²) in [6, 6.07) is 4.15. The first-order chi connectivity index (χ1) is 9.80. The monoisotopic (exact) mass is 334 g/mol. The molecule has 0 saturated carbocycles. The van der Waals surface area contributed by atoms with E-state index in [9.17, 15) is 13.2 Å². The summed E-state index contributed by atoms with van der Waals surface area (Å²) in [6.07, 6.45) is 0.605. The van der Waals surface area contributed by atoms with E-state index in [0.717, 1.165) is 0 Å². The van der Waals surface area contributed by atoms with Gasteiger partial charge in [0.2, 0.25) is 5.91 Å². The van der Waals surface area contributed by atoms with E-state index in [1.165, 1.54) is 25.1 Å². The lowest BCUT2D eigenvalue weighted by molar-refractivity contribution is -0.120. The molecule has 0 spiro atoms. The van der Waals surface area contributed by atoms with Gasteiger partial charge in [-0.05, 0) is 31.5 Å². The number of rotatable bonds is 7. The number of amides is 1. The Labute approximate surface area is 129 Å². The molecule has 6 nitrogen and oxygen atoms in total. The van der Waals surface area contributed by atoms with E-state index in [0.29, 0.717) is 19.6 Å². The number of halogens is 1. The number of nitrogens with one attached hydrogen (secondary N) is 1. The molecule has 3 N–H and O–H groups in total. The third-order valence-electron chi connectivity index (χ3n) is 2.92. The van der Waals surface area contributed by atoms with Gasteiger partial charge in [-0.25, -0.2) is 8.42 Å². The van der Waals surface area contributed by atoms with E-state index in [2.05, 4.69) is 5.32 Å². The normalized spacial score (nSPS) is 12.9. The second-order valence-corrected chi connectivity index (χ2v) is 7.16. The number of hydrogen-bond acceptors (Lipinski definition) is 5. The van der Waals surface area contributed by atoms with Crippen molar-refractivity contribution in [3.05, 3.63) is 23.2 Å². The van der Waals surface area contributed by atoms with Crippen LogP contribution in [-0.4, -0.2) is 39.8 Å². The quantitative estimate of drug-likeness (QED) is 0.577. The lowest BCUT2D eigenvalue weighted by Crippen LogP contribution is -2.38. The van der Waals surface area contributed by atoms with Crippen molar-refractivity contribution in [2.75, 3.05) is 26.0 Å². The first-order valence-electron chi connectivity index (χ1n) is 6.36. The van der Waals surface area contributed by atoms with Gasteiger partial charge in [-0.15, -0.1) is 0 Å². The second kappa shape index (κ2) is 7.63. The minimum atomic E-state index is -3.89. The van der Waals surface area contributed by atoms with Crippen LogP contribution in [0.2, 0.25) is 5.02 Å². The predicted molar refractivity (Wildman–Crippen MR) is 82.0 cm³/mol. The minimum Gasteiger partial charge on any atom is -0.399 e. The number of nitrogen functional groups attached to an aromatic ring is 1. The maximum Gasteiger partial charge on any atom is 0.238 e. The summed E-state index contributed by atoms with van der Waals surface area (Å²) in [5, 5.41) is 1.35. The van der Waals surface area contributed by atoms with E-state index >= 15 is 0 Å². The Balaban J connectivity index is 2.86. The maximum absolute atomic E-state index is 12.4. The van der Waals surface area contributed by atoms with E-state index in [4.69, 9.17) is 22.1 Å². The molecule has 0 aliphatic carbocycles. The van der Waals surface area contributed by atoms with Crippen molar-refractivity contribution < 1.29 is 17.9 Å². The topological polar surface area (TPSA) is 98.5 Å². The van der Waals surface area contributed by atoms with Crippen LogP contribution in [0.1, 0.15) is 13.3 Å². The predicted octanol–water partition coefficient (Wildman–Crippen LogP) is 1.24. The molecule has 118 valence electrons. The van der Waals surface area contributed by atoms with Gasteiger partial charge < -0.3 is 15.8 Å². The number of ether oxygens (including phenoxy) is 1. The van der Waals surface area contributed by atoms with Crippen LogP contribution >= 0.6 is 11.6 Å². The first-order valence-corrected chi connectivity index (χ1v) is 8.28. The first kappa shape index (κ1) is 17.7.